The zero-order valence-electron chi connectivity index (χ0n) is 12.1. The number of fused-ring (bicyclic) bond motifs is 2. The maximum atomic E-state index is 12.6. The Morgan fingerprint density at radius 1 is 0.833 bits per heavy atom. The second-order valence-corrected chi connectivity index (χ2v) is 6.96. The number of hydrogen-bond donors (Lipinski definition) is 5. The second-order valence-electron chi connectivity index (χ2n) is 5.42. The molecule has 0 bridgehead atoms. The molecule has 2 aromatic carbocycles. The number of ketones is 2. The van der Waals surface area contributed by atoms with Crippen LogP contribution in [0.5, 0.6) is 17.2 Å². The minimum Gasteiger partial charge on any atom is -0.507 e. The number of phenolic OH excluding ortho intramolecular Hbond substituents is 3. The first kappa shape index (κ1) is 16.2. The van der Waals surface area contributed by atoms with E-state index in [1.54, 1.807) is 6.92 Å². The summed E-state index contributed by atoms with van der Waals surface area (Å²) in [6.45, 7) is 1.60. The number of rotatable bonds is 1. The molecular formula is C15H11O8P. The normalized spacial score (nSPS) is 13.6. The first-order valence-electron chi connectivity index (χ1n) is 6.62. The van der Waals surface area contributed by atoms with Crippen molar-refractivity contribution in [3.05, 3.63) is 46.0 Å². The molecule has 0 heterocycles. The lowest BCUT2D eigenvalue weighted by Crippen LogP contribution is -2.24. The molecule has 3 rings (SSSR count). The zero-order valence-corrected chi connectivity index (χ0v) is 13.0. The fraction of sp³-hybridized carbons (Fsp3) is 0.0667. The third-order valence-corrected chi connectivity index (χ3v) is 4.77. The van der Waals surface area contributed by atoms with Crippen molar-refractivity contribution in [2.24, 2.45) is 0 Å². The second kappa shape index (κ2) is 4.91. The highest BCUT2D eigenvalue weighted by Crippen LogP contribution is 2.46. The molecule has 0 unspecified atom stereocenters. The molecule has 1 aliphatic carbocycles. The van der Waals surface area contributed by atoms with Crippen LogP contribution in [0.15, 0.2) is 18.2 Å². The quantitative estimate of drug-likeness (QED) is 0.402. The lowest BCUT2D eigenvalue weighted by atomic mass is 9.82. The van der Waals surface area contributed by atoms with E-state index in [1.165, 1.54) is 12.1 Å². The van der Waals surface area contributed by atoms with E-state index in [0.29, 0.717) is 5.56 Å². The molecule has 0 saturated carbocycles. The summed E-state index contributed by atoms with van der Waals surface area (Å²) >= 11 is 0. The Bertz CT molecular complexity index is 986. The van der Waals surface area contributed by atoms with Crippen LogP contribution in [0.3, 0.4) is 0 Å². The molecule has 0 amide bonds. The van der Waals surface area contributed by atoms with Gasteiger partial charge in [-0.15, -0.1) is 0 Å². The van der Waals surface area contributed by atoms with Crippen molar-refractivity contribution in [1.82, 2.24) is 0 Å². The van der Waals surface area contributed by atoms with E-state index in [4.69, 9.17) is 0 Å². The molecule has 124 valence electrons. The van der Waals surface area contributed by atoms with Crippen LogP contribution in [-0.2, 0) is 4.57 Å². The van der Waals surface area contributed by atoms with Crippen LogP contribution < -0.4 is 5.30 Å². The number of carbonyl (C=O) groups excluding carboxylic acids is 2. The third kappa shape index (κ3) is 2.12. The Labute approximate surface area is 134 Å². The predicted molar refractivity (Wildman–Crippen MR) is 81.2 cm³/mol. The van der Waals surface area contributed by atoms with Crippen LogP contribution >= 0.6 is 7.60 Å². The van der Waals surface area contributed by atoms with Crippen LogP contribution in [0.2, 0.25) is 0 Å². The van der Waals surface area contributed by atoms with Gasteiger partial charge in [0.1, 0.15) is 22.6 Å². The predicted octanol–water partition coefficient (Wildman–Crippen LogP) is 0.690. The number of carbonyl (C=O) groups is 2. The van der Waals surface area contributed by atoms with Gasteiger partial charge in [0.25, 0.3) is 0 Å². The molecule has 5 N–H and O–H groups in total. The molecule has 0 aromatic heterocycles. The van der Waals surface area contributed by atoms with Crippen LogP contribution in [-0.4, -0.2) is 36.7 Å². The van der Waals surface area contributed by atoms with Gasteiger partial charge in [0.05, 0.1) is 11.1 Å². The number of aromatic hydroxyl groups is 3. The first-order chi connectivity index (χ1) is 11.0. The van der Waals surface area contributed by atoms with Gasteiger partial charge in [-0.1, -0.05) is 0 Å². The topological polar surface area (TPSA) is 152 Å². The molecule has 0 aliphatic heterocycles. The summed E-state index contributed by atoms with van der Waals surface area (Å²) in [5.41, 5.74) is -1.04. The smallest absolute Gasteiger partial charge is 0.363 e. The summed E-state index contributed by atoms with van der Waals surface area (Å²) in [4.78, 5) is 43.6. The van der Waals surface area contributed by atoms with E-state index >= 15 is 0 Å². The van der Waals surface area contributed by atoms with Gasteiger partial charge < -0.3 is 25.1 Å². The number of hydrogen-bond acceptors (Lipinski definition) is 6. The van der Waals surface area contributed by atoms with Crippen LogP contribution in [0, 0.1) is 6.92 Å². The van der Waals surface area contributed by atoms with Crippen molar-refractivity contribution < 1.29 is 39.3 Å². The maximum absolute atomic E-state index is 12.6. The molecule has 2 aromatic rings. The fourth-order valence-corrected chi connectivity index (χ4v) is 3.55. The average molecular weight is 350 g/mol. The molecule has 24 heavy (non-hydrogen) atoms. The summed E-state index contributed by atoms with van der Waals surface area (Å²) in [6.07, 6.45) is 0. The average Bonchev–Trinajstić information content (AvgIpc) is 2.41. The van der Waals surface area contributed by atoms with Crippen molar-refractivity contribution in [2.45, 2.75) is 6.92 Å². The Kier molecular flexibility index (Phi) is 3.31. The summed E-state index contributed by atoms with van der Waals surface area (Å²) < 4.78 is 11.4. The van der Waals surface area contributed by atoms with Gasteiger partial charge in [0.2, 0.25) is 5.78 Å². The highest BCUT2D eigenvalue weighted by Gasteiger charge is 2.39. The first-order valence-corrected chi connectivity index (χ1v) is 8.23. The Morgan fingerprint density at radius 3 is 2.00 bits per heavy atom. The number of aryl methyl sites for hydroxylation is 1. The summed E-state index contributed by atoms with van der Waals surface area (Å²) in [5, 5.41) is 28.7. The Morgan fingerprint density at radius 2 is 1.42 bits per heavy atom. The van der Waals surface area contributed by atoms with E-state index in [1.807, 2.05) is 0 Å². The van der Waals surface area contributed by atoms with Crippen LogP contribution in [0.4, 0.5) is 0 Å². The standard InChI is InChI=1S/C15H11O8P/c1-5-2-6-10(8(16)3-5)13(19)11-7(12(6)18)4-9(17)15(14(11)20)24(21,22)23/h2-4,16-17,20H,1H3,(H2,21,22,23). The molecule has 0 atom stereocenters. The monoisotopic (exact) mass is 350 g/mol. The van der Waals surface area contributed by atoms with E-state index in [0.717, 1.165) is 6.07 Å². The molecule has 0 fully saturated rings. The van der Waals surface area contributed by atoms with Crippen molar-refractivity contribution in [2.75, 3.05) is 0 Å². The summed E-state index contributed by atoms with van der Waals surface area (Å²) in [5.74, 6) is -4.40. The molecule has 9 heteroatoms. The highest BCUT2D eigenvalue weighted by molar-refractivity contribution is 7.60. The van der Waals surface area contributed by atoms with Crippen molar-refractivity contribution in [3.8, 4) is 17.2 Å². The van der Waals surface area contributed by atoms with Gasteiger partial charge in [0.15, 0.2) is 5.78 Å². The summed E-state index contributed by atoms with van der Waals surface area (Å²) in [6, 6.07) is 3.34. The van der Waals surface area contributed by atoms with E-state index in [-0.39, 0.29) is 11.1 Å². The summed E-state index contributed by atoms with van der Waals surface area (Å²) in [7, 11) is -5.12. The van der Waals surface area contributed by atoms with Gasteiger partial charge >= 0.3 is 7.60 Å². The molecule has 0 saturated heterocycles. The third-order valence-electron chi connectivity index (χ3n) is 3.75. The van der Waals surface area contributed by atoms with E-state index < -0.39 is 52.8 Å². The van der Waals surface area contributed by atoms with Gasteiger partial charge in [-0.25, -0.2) is 0 Å². The van der Waals surface area contributed by atoms with Gasteiger partial charge in [-0.3, -0.25) is 14.2 Å². The van der Waals surface area contributed by atoms with Gasteiger partial charge in [0, 0.05) is 11.1 Å². The van der Waals surface area contributed by atoms with E-state index in [2.05, 4.69) is 0 Å². The fourth-order valence-electron chi connectivity index (χ4n) is 2.80. The maximum Gasteiger partial charge on any atom is 0.363 e. The van der Waals surface area contributed by atoms with Gasteiger partial charge in [-0.05, 0) is 30.7 Å². The van der Waals surface area contributed by atoms with Crippen molar-refractivity contribution in [3.63, 3.8) is 0 Å². The molecule has 8 nitrogen and oxygen atoms in total. The molecule has 0 spiro atoms. The molecule has 0 radical (unpaired) electrons. The lowest BCUT2D eigenvalue weighted by Gasteiger charge is -2.22. The van der Waals surface area contributed by atoms with Crippen molar-refractivity contribution >= 4 is 24.5 Å². The number of benzene rings is 2. The SMILES string of the molecule is Cc1cc(O)c2c(c1)C(=O)c1cc(O)c(P(=O)(O)O)c(O)c1C2=O. The zero-order chi connectivity index (χ0) is 18.0. The Balaban J connectivity index is 2.42. The lowest BCUT2D eigenvalue weighted by molar-refractivity contribution is 0.0974. The Hall–Kier alpha value is -2.67. The minimum absolute atomic E-state index is 0.118. The molecular weight excluding hydrogens is 339 g/mol. The van der Waals surface area contributed by atoms with Crippen LogP contribution in [0.25, 0.3) is 0 Å². The molecule has 1 aliphatic rings. The van der Waals surface area contributed by atoms with Crippen molar-refractivity contribution in [1.29, 1.82) is 0 Å². The minimum atomic E-state index is -5.12. The van der Waals surface area contributed by atoms with Crippen LogP contribution in [0.1, 0.15) is 37.4 Å². The largest absolute Gasteiger partial charge is 0.507 e. The highest BCUT2D eigenvalue weighted by atomic mass is 31.2. The van der Waals surface area contributed by atoms with E-state index in [9.17, 15) is 39.3 Å². The van der Waals surface area contributed by atoms with Gasteiger partial charge in [-0.2, -0.15) is 0 Å². The number of phenols is 3.